The summed E-state index contributed by atoms with van der Waals surface area (Å²) in [6.45, 7) is 7.15. The molecule has 0 bridgehead atoms. The molecule has 0 aromatic heterocycles. The van der Waals surface area contributed by atoms with Crippen molar-refractivity contribution in [2.24, 2.45) is 11.8 Å². The van der Waals surface area contributed by atoms with E-state index in [1.807, 2.05) is 0 Å². The fraction of sp³-hybridized carbons (Fsp3) is 0.750. The number of nitrogens with two attached hydrogens (primary N) is 2. The van der Waals surface area contributed by atoms with Gasteiger partial charge in [-0.2, -0.15) is 0 Å². The van der Waals surface area contributed by atoms with Gasteiger partial charge in [-0.3, -0.25) is 0 Å². The smallest absolute Gasteiger partial charge is 0.101 e. The van der Waals surface area contributed by atoms with Crippen molar-refractivity contribution in [3.05, 3.63) is 35.4 Å². The molecule has 2 nitrogen and oxygen atoms in total. The Morgan fingerprint density at radius 2 is 1.00 bits per heavy atom. The molecule has 3 rings (SSSR count). The quantitative estimate of drug-likeness (QED) is 0.710. The zero-order chi connectivity index (χ0) is 18.2. The average Bonchev–Trinajstić information content (AvgIpc) is 2.72. The van der Waals surface area contributed by atoms with Crippen molar-refractivity contribution in [3.63, 3.8) is 0 Å². The Bertz CT molecular complexity index is 450. The van der Waals surface area contributed by atoms with Gasteiger partial charge in [0.15, 0.2) is 0 Å². The molecule has 146 valence electrons. The van der Waals surface area contributed by atoms with Crippen LogP contribution in [0.1, 0.15) is 89.2 Å². The third-order valence-electron chi connectivity index (χ3n) is 7.26. The summed E-state index contributed by atoms with van der Waals surface area (Å²) < 4.78 is 0. The third kappa shape index (κ3) is 6.09. The highest BCUT2D eigenvalue weighted by atomic mass is 14.9. The van der Waals surface area contributed by atoms with Gasteiger partial charge in [-0.1, -0.05) is 62.8 Å². The molecule has 2 aliphatic rings. The summed E-state index contributed by atoms with van der Waals surface area (Å²) in [6, 6.07) is 11.0. The predicted octanol–water partition coefficient (Wildman–Crippen LogP) is 3.75. The normalized spacial score (nSPS) is 22.2. The van der Waals surface area contributed by atoms with Crippen molar-refractivity contribution in [3.8, 4) is 0 Å². The van der Waals surface area contributed by atoms with E-state index in [0.29, 0.717) is 0 Å². The summed E-state index contributed by atoms with van der Waals surface area (Å²) in [5, 5.41) is 5.14. The first-order valence-corrected chi connectivity index (χ1v) is 11.5. The van der Waals surface area contributed by atoms with E-state index in [9.17, 15) is 0 Å². The molecule has 0 spiro atoms. The maximum Gasteiger partial charge on any atom is 0.101 e. The first-order valence-electron chi connectivity index (χ1n) is 11.5. The summed E-state index contributed by atoms with van der Waals surface area (Å²) in [5.74, 6) is 1.89. The lowest BCUT2D eigenvalue weighted by atomic mass is 9.84. The van der Waals surface area contributed by atoms with Gasteiger partial charge in [0.25, 0.3) is 0 Å². The van der Waals surface area contributed by atoms with E-state index in [-0.39, 0.29) is 0 Å². The van der Waals surface area contributed by atoms with Crippen LogP contribution >= 0.6 is 0 Å². The van der Waals surface area contributed by atoms with Crippen LogP contribution in [0, 0.1) is 11.8 Å². The molecule has 2 aliphatic carbocycles. The lowest BCUT2D eigenvalue weighted by molar-refractivity contribution is -0.708. The van der Waals surface area contributed by atoms with Crippen LogP contribution in [0.2, 0.25) is 0 Å². The van der Waals surface area contributed by atoms with Crippen LogP contribution < -0.4 is 10.6 Å². The van der Waals surface area contributed by atoms with E-state index in [1.54, 1.807) is 0 Å². The Morgan fingerprint density at radius 1 is 0.654 bits per heavy atom. The molecule has 0 saturated heterocycles. The molecule has 0 heterocycles. The van der Waals surface area contributed by atoms with Crippen molar-refractivity contribution in [2.45, 2.75) is 103 Å². The van der Waals surface area contributed by atoms with Crippen LogP contribution in [0.15, 0.2) is 24.3 Å². The van der Waals surface area contributed by atoms with Gasteiger partial charge in [0, 0.05) is 23.0 Å². The largest absolute Gasteiger partial charge is 0.340 e. The maximum absolute atomic E-state index is 2.57. The second-order valence-electron chi connectivity index (χ2n) is 9.21. The number of benzene rings is 1. The van der Waals surface area contributed by atoms with Gasteiger partial charge < -0.3 is 10.6 Å². The zero-order valence-corrected chi connectivity index (χ0v) is 17.3. The molecule has 26 heavy (non-hydrogen) atoms. The van der Waals surface area contributed by atoms with E-state index in [2.05, 4.69) is 48.7 Å². The summed E-state index contributed by atoms with van der Waals surface area (Å²) >= 11 is 0. The molecule has 0 radical (unpaired) electrons. The fourth-order valence-corrected chi connectivity index (χ4v) is 5.16. The van der Waals surface area contributed by atoms with E-state index in [4.69, 9.17) is 0 Å². The highest BCUT2D eigenvalue weighted by Crippen LogP contribution is 2.25. The standard InChI is InChI=1S/C24H40N2/c1-19(23-9-5-3-6-10-23)25-17-21-13-15-22(16-14-21)18-26-20(2)24-11-7-4-8-12-24/h13-16,19-20,23-26H,3-12,17-18H2,1-2H3/p+2. The summed E-state index contributed by atoms with van der Waals surface area (Å²) in [6.07, 6.45) is 14.5. The van der Waals surface area contributed by atoms with Crippen LogP contribution in [0.3, 0.4) is 0 Å². The number of rotatable bonds is 8. The number of hydrogen-bond acceptors (Lipinski definition) is 0. The van der Waals surface area contributed by atoms with Crippen molar-refractivity contribution < 1.29 is 10.6 Å². The van der Waals surface area contributed by atoms with Crippen LogP contribution in [0.4, 0.5) is 0 Å². The average molecular weight is 359 g/mol. The van der Waals surface area contributed by atoms with Crippen LogP contribution in [-0.4, -0.2) is 12.1 Å². The summed E-state index contributed by atoms with van der Waals surface area (Å²) in [4.78, 5) is 0. The van der Waals surface area contributed by atoms with Gasteiger partial charge >= 0.3 is 0 Å². The van der Waals surface area contributed by atoms with Crippen molar-refractivity contribution in [2.75, 3.05) is 0 Å². The summed E-state index contributed by atoms with van der Waals surface area (Å²) in [7, 11) is 0. The molecule has 2 unspecified atom stereocenters. The topological polar surface area (TPSA) is 33.2 Å². The molecule has 2 fully saturated rings. The fourth-order valence-electron chi connectivity index (χ4n) is 5.16. The minimum Gasteiger partial charge on any atom is -0.340 e. The lowest BCUT2D eigenvalue weighted by Gasteiger charge is -2.26. The van der Waals surface area contributed by atoms with E-state index in [0.717, 1.165) is 37.0 Å². The summed E-state index contributed by atoms with van der Waals surface area (Å²) in [5.41, 5.74) is 2.97. The first kappa shape index (κ1) is 19.9. The Balaban J connectivity index is 1.38. The Morgan fingerprint density at radius 3 is 1.35 bits per heavy atom. The van der Waals surface area contributed by atoms with Gasteiger partial charge in [-0.05, 0) is 39.5 Å². The molecule has 2 heteroatoms. The molecular weight excluding hydrogens is 316 g/mol. The maximum atomic E-state index is 2.57. The van der Waals surface area contributed by atoms with E-state index in [1.165, 1.54) is 75.3 Å². The minimum absolute atomic E-state index is 0.777. The van der Waals surface area contributed by atoms with Crippen molar-refractivity contribution in [1.29, 1.82) is 0 Å². The van der Waals surface area contributed by atoms with Gasteiger partial charge in [-0.15, -0.1) is 0 Å². The third-order valence-corrected chi connectivity index (χ3v) is 7.26. The van der Waals surface area contributed by atoms with Gasteiger partial charge in [-0.25, -0.2) is 0 Å². The Hall–Kier alpha value is -0.860. The van der Waals surface area contributed by atoms with E-state index < -0.39 is 0 Å². The van der Waals surface area contributed by atoms with Gasteiger partial charge in [0.05, 0.1) is 12.1 Å². The second-order valence-corrected chi connectivity index (χ2v) is 9.21. The molecule has 1 aromatic rings. The molecule has 2 saturated carbocycles. The minimum atomic E-state index is 0.777. The second kappa shape index (κ2) is 10.5. The van der Waals surface area contributed by atoms with Crippen LogP contribution in [-0.2, 0) is 13.1 Å². The van der Waals surface area contributed by atoms with Crippen LogP contribution in [0.5, 0.6) is 0 Å². The molecule has 4 N–H and O–H groups in total. The highest BCUT2D eigenvalue weighted by molar-refractivity contribution is 5.21. The SMILES string of the molecule is CC([NH2+]Cc1ccc(C[NH2+]C(C)C2CCCCC2)cc1)C1CCCCC1. The molecule has 0 amide bonds. The van der Waals surface area contributed by atoms with Crippen LogP contribution in [0.25, 0.3) is 0 Å². The molecular formula is C24H42N2+2. The number of quaternary nitrogens is 2. The number of hydrogen-bond donors (Lipinski definition) is 2. The first-order chi connectivity index (χ1) is 12.7. The van der Waals surface area contributed by atoms with Gasteiger partial charge in [0.2, 0.25) is 0 Å². The Kier molecular flexibility index (Phi) is 8.01. The molecule has 0 aliphatic heterocycles. The predicted molar refractivity (Wildman–Crippen MR) is 110 cm³/mol. The lowest BCUT2D eigenvalue weighted by Crippen LogP contribution is -2.89. The van der Waals surface area contributed by atoms with E-state index >= 15 is 0 Å². The monoisotopic (exact) mass is 358 g/mol. The van der Waals surface area contributed by atoms with Crippen molar-refractivity contribution in [1.82, 2.24) is 0 Å². The van der Waals surface area contributed by atoms with Gasteiger partial charge in [0.1, 0.15) is 13.1 Å². The van der Waals surface area contributed by atoms with Crippen molar-refractivity contribution >= 4 is 0 Å². The highest BCUT2D eigenvalue weighted by Gasteiger charge is 2.23. The molecule has 2 atom stereocenters. The Labute approximate surface area is 161 Å². The molecule has 1 aromatic carbocycles. The zero-order valence-electron chi connectivity index (χ0n) is 17.3.